The summed E-state index contributed by atoms with van der Waals surface area (Å²) in [5, 5.41) is 6.88. The van der Waals surface area contributed by atoms with Crippen molar-refractivity contribution in [1.82, 2.24) is 19.6 Å². The van der Waals surface area contributed by atoms with Crippen LogP contribution in [0.4, 0.5) is 10.5 Å². The van der Waals surface area contributed by atoms with Crippen LogP contribution in [0.15, 0.2) is 42.7 Å². The Balaban J connectivity index is 1.39. The minimum absolute atomic E-state index is 0.0619. The lowest BCUT2D eigenvalue weighted by molar-refractivity contribution is -0.133. The van der Waals surface area contributed by atoms with Crippen LogP contribution in [0.2, 0.25) is 0 Å². The van der Waals surface area contributed by atoms with E-state index in [0.717, 1.165) is 0 Å². The lowest BCUT2D eigenvalue weighted by Crippen LogP contribution is -2.51. The van der Waals surface area contributed by atoms with E-state index >= 15 is 0 Å². The van der Waals surface area contributed by atoms with Crippen molar-refractivity contribution < 1.29 is 23.9 Å². The molecule has 0 unspecified atom stereocenters. The molecule has 2 aromatic rings. The average Bonchev–Trinajstić information content (AvgIpc) is 3.21. The SMILES string of the molecule is CCOC(=O)N1CCN(C(=O)Cn2cc(NC(=O)CCOc3ccccc3)cn2)CC1. The number of amides is 3. The Morgan fingerprint density at radius 2 is 1.77 bits per heavy atom. The largest absolute Gasteiger partial charge is 0.493 e. The zero-order valence-corrected chi connectivity index (χ0v) is 17.5. The molecule has 1 aromatic carbocycles. The average molecular weight is 429 g/mol. The van der Waals surface area contributed by atoms with Crippen molar-refractivity contribution in [2.24, 2.45) is 0 Å². The van der Waals surface area contributed by atoms with Crippen LogP contribution in [0.5, 0.6) is 5.75 Å². The lowest BCUT2D eigenvalue weighted by atomic mass is 10.3. The van der Waals surface area contributed by atoms with Gasteiger partial charge in [0.2, 0.25) is 11.8 Å². The number of nitrogens with zero attached hydrogens (tertiary/aromatic N) is 4. The second kappa shape index (κ2) is 11.0. The van der Waals surface area contributed by atoms with E-state index in [1.807, 2.05) is 30.3 Å². The van der Waals surface area contributed by atoms with Gasteiger partial charge in [-0.05, 0) is 19.1 Å². The maximum atomic E-state index is 12.5. The molecule has 166 valence electrons. The number of carbonyl (C=O) groups excluding carboxylic acids is 3. The monoisotopic (exact) mass is 429 g/mol. The third kappa shape index (κ3) is 6.73. The number of anilines is 1. The van der Waals surface area contributed by atoms with Crippen molar-refractivity contribution in [3.8, 4) is 5.75 Å². The molecule has 10 nitrogen and oxygen atoms in total. The Morgan fingerprint density at radius 3 is 2.48 bits per heavy atom. The fourth-order valence-corrected chi connectivity index (χ4v) is 3.11. The zero-order chi connectivity index (χ0) is 22.1. The number of aromatic nitrogens is 2. The summed E-state index contributed by atoms with van der Waals surface area (Å²) in [5.41, 5.74) is 0.518. The minimum atomic E-state index is -0.351. The van der Waals surface area contributed by atoms with Gasteiger partial charge >= 0.3 is 6.09 Å². The molecule has 2 heterocycles. The maximum Gasteiger partial charge on any atom is 0.409 e. The molecule has 10 heteroatoms. The molecule has 1 fully saturated rings. The van der Waals surface area contributed by atoms with E-state index in [-0.39, 0.29) is 37.5 Å². The van der Waals surface area contributed by atoms with Gasteiger partial charge in [-0.25, -0.2) is 4.79 Å². The van der Waals surface area contributed by atoms with E-state index in [0.29, 0.717) is 44.2 Å². The molecule has 1 aromatic heterocycles. The molecule has 1 aliphatic rings. The van der Waals surface area contributed by atoms with Crippen molar-refractivity contribution in [2.75, 3.05) is 44.7 Å². The lowest BCUT2D eigenvalue weighted by Gasteiger charge is -2.34. The second-order valence-electron chi connectivity index (χ2n) is 6.95. The highest BCUT2D eigenvalue weighted by Crippen LogP contribution is 2.10. The summed E-state index contributed by atoms with van der Waals surface area (Å²) in [4.78, 5) is 39.6. The summed E-state index contributed by atoms with van der Waals surface area (Å²) in [6.45, 7) is 4.19. The van der Waals surface area contributed by atoms with Gasteiger partial charge in [0.05, 0.1) is 31.5 Å². The Bertz CT molecular complexity index is 877. The Labute approximate surface area is 180 Å². The molecule has 0 bridgehead atoms. The fourth-order valence-electron chi connectivity index (χ4n) is 3.11. The Kier molecular flexibility index (Phi) is 7.85. The van der Waals surface area contributed by atoms with Crippen LogP contribution in [0.1, 0.15) is 13.3 Å². The van der Waals surface area contributed by atoms with E-state index in [4.69, 9.17) is 9.47 Å². The molecule has 1 N–H and O–H groups in total. The van der Waals surface area contributed by atoms with Crippen molar-refractivity contribution in [2.45, 2.75) is 19.9 Å². The highest BCUT2D eigenvalue weighted by atomic mass is 16.6. The number of para-hydroxylation sites is 1. The summed E-state index contributed by atoms with van der Waals surface area (Å²) in [7, 11) is 0. The second-order valence-corrected chi connectivity index (χ2v) is 6.95. The number of hydrogen-bond donors (Lipinski definition) is 1. The van der Waals surface area contributed by atoms with Crippen LogP contribution in [-0.2, 0) is 20.9 Å². The molecule has 0 atom stereocenters. The van der Waals surface area contributed by atoms with Crippen LogP contribution in [0.3, 0.4) is 0 Å². The normalized spacial score (nSPS) is 13.6. The fraction of sp³-hybridized carbons (Fsp3) is 0.429. The molecule has 31 heavy (non-hydrogen) atoms. The molecule has 0 radical (unpaired) electrons. The van der Waals surface area contributed by atoms with E-state index in [9.17, 15) is 14.4 Å². The van der Waals surface area contributed by atoms with Crippen LogP contribution in [-0.4, -0.2) is 76.9 Å². The molecular weight excluding hydrogens is 402 g/mol. The number of nitrogens with one attached hydrogen (secondary N) is 1. The van der Waals surface area contributed by atoms with E-state index in [1.54, 1.807) is 22.9 Å². The molecule has 3 rings (SSSR count). The summed E-state index contributed by atoms with van der Waals surface area (Å²) >= 11 is 0. The van der Waals surface area contributed by atoms with Gasteiger partial charge < -0.3 is 24.6 Å². The molecule has 0 spiro atoms. The Hall–Kier alpha value is -3.56. The minimum Gasteiger partial charge on any atom is -0.493 e. The van der Waals surface area contributed by atoms with E-state index in [1.165, 1.54) is 10.9 Å². The summed E-state index contributed by atoms with van der Waals surface area (Å²) in [5.74, 6) is 0.419. The highest BCUT2D eigenvalue weighted by molar-refractivity contribution is 5.90. The number of hydrogen-bond acceptors (Lipinski definition) is 6. The molecule has 1 aliphatic heterocycles. The van der Waals surface area contributed by atoms with Crippen molar-refractivity contribution >= 4 is 23.6 Å². The van der Waals surface area contributed by atoms with Gasteiger partial charge in [-0.2, -0.15) is 5.10 Å². The van der Waals surface area contributed by atoms with Crippen molar-refractivity contribution in [3.63, 3.8) is 0 Å². The van der Waals surface area contributed by atoms with E-state index in [2.05, 4.69) is 10.4 Å². The summed E-state index contributed by atoms with van der Waals surface area (Å²) < 4.78 is 12.0. The van der Waals surface area contributed by atoms with Gasteiger partial charge in [0.25, 0.3) is 0 Å². The third-order valence-corrected chi connectivity index (χ3v) is 4.71. The number of rotatable bonds is 8. The van der Waals surface area contributed by atoms with Gasteiger partial charge in [-0.1, -0.05) is 18.2 Å². The quantitative estimate of drug-likeness (QED) is 0.683. The number of ether oxygens (including phenoxy) is 2. The van der Waals surface area contributed by atoms with Crippen LogP contribution in [0.25, 0.3) is 0 Å². The van der Waals surface area contributed by atoms with Gasteiger partial charge in [0, 0.05) is 32.4 Å². The summed E-state index contributed by atoms with van der Waals surface area (Å²) in [6.07, 6.45) is 2.96. The highest BCUT2D eigenvalue weighted by Gasteiger charge is 2.25. The first-order valence-electron chi connectivity index (χ1n) is 10.2. The topological polar surface area (TPSA) is 106 Å². The summed E-state index contributed by atoms with van der Waals surface area (Å²) in [6, 6.07) is 9.29. The number of benzene rings is 1. The smallest absolute Gasteiger partial charge is 0.409 e. The van der Waals surface area contributed by atoms with Crippen LogP contribution in [0, 0.1) is 0 Å². The first kappa shape index (κ1) is 22.1. The number of piperazine rings is 1. The molecule has 3 amide bonds. The van der Waals surface area contributed by atoms with Gasteiger partial charge in [0.1, 0.15) is 12.3 Å². The molecule has 1 saturated heterocycles. The maximum absolute atomic E-state index is 12.5. The molecule has 0 saturated carbocycles. The van der Waals surface area contributed by atoms with Gasteiger partial charge in [-0.15, -0.1) is 0 Å². The third-order valence-electron chi connectivity index (χ3n) is 4.71. The van der Waals surface area contributed by atoms with Crippen molar-refractivity contribution in [1.29, 1.82) is 0 Å². The molecular formula is C21H27N5O5. The predicted octanol–water partition coefficient (Wildman–Crippen LogP) is 1.59. The van der Waals surface area contributed by atoms with Gasteiger partial charge in [0.15, 0.2) is 0 Å². The Morgan fingerprint density at radius 1 is 1.06 bits per heavy atom. The van der Waals surface area contributed by atoms with Crippen LogP contribution >= 0.6 is 0 Å². The predicted molar refractivity (Wildman–Crippen MR) is 113 cm³/mol. The van der Waals surface area contributed by atoms with Crippen molar-refractivity contribution in [3.05, 3.63) is 42.7 Å². The standard InChI is InChI=1S/C21H27N5O5/c1-2-30-21(29)25-11-9-24(10-12-25)20(28)16-26-15-17(14-22-26)23-19(27)8-13-31-18-6-4-3-5-7-18/h3-7,14-15H,2,8-13,16H2,1H3,(H,23,27). The first-order valence-corrected chi connectivity index (χ1v) is 10.2. The van der Waals surface area contributed by atoms with E-state index < -0.39 is 0 Å². The zero-order valence-electron chi connectivity index (χ0n) is 17.5. The van der Waals surface area contributed by atoms with Gasteiger partial charge in [-0.3, -0.25) is 14.3 Å². The molecule has 0 aliphatic carbocycles. The number of carbonyl (C=O) groups is 3. The van der Waals surface area contributed by atoms with Crippen LogP contribution < -0.4 is 10.1 Å². The first-order chi connectivity index (χ1) is 15.0.